The summed E-state index contributed by atoms with van der Waals surface area (Å²) in [4.78, 5) is 12.9. The van der Waals surface area contributed by atoms with Crippen LogP contribution in [-0.4, -0.2) is 30.8 Å². The molecule has 0 aliphatic rings. The van der Waals surface area contributed by atoms with Crippen molar-refractivity contribution < 1.29 is 4.79 Å². The minimum absolute atomic E-state index is 0. The Balaban J connectivity index is 0.00000529. The molecule has 0 aliphatic heterocycles. The zero-order valence-corrected chi connectivity index (χ0v) is 18.7. The largest absolute Gasteiger partial charge is 0.294 e. The van der Waals surface area contributed by atoms with Crippen LogP contribution < -0.4 is 0 Å². The van der Waals surface area contributed by atoms with E-state index in [-0.39, 0.29) is 40.9 Å². The Hall–Kier alpha value is -0.0826. The summed E-state index contributed by atoms with van der Waals surface area (Å²) in [6, 6.07) is 4.54. The van der Waals surface area contributed by atoms with Crippen molar-refractivity contribution in [3.63, 3.8) is 0 Å². The second-order valence-corrected chi connectivity index (χ2v) is 10.2. The van der Waals surface area contributed by atoms with Crippen LogP contribution in [-0.2, 0) is 16.2 Å². The van der Waals surface area contributed by atoms with Gasteiger partial charge in [0.25, 0.3) is 0 Å². The Kier molecular flexibility index (Phi) is 8.05. The van der Waals surface area contributed by atoms with Crippen molar-refractivity contribution in [3.8, 4) is 0 Å². The Morgan fingerprint density at radius 1 is 0.833 bits per heavy atom. The molecule has 1 rings (SSSR count). The van der Waals surface area contributed by atoms with E-state index in [2.05, 4.69) is 83.7 Å². The Bertz CT molecular complexity index is 548. The first-order valence-corrected chi connectivity index (χ1v) is 9.44. The number of benzene rings is 1. The summed E-state index contributed by atoms with van der Waals surface area (Å²) in [5, 5.41) is 0. The van der Waals surface area contributed by atoms with Gasteiger partial charge in [-0.1, -0.05) is 74.4 Å². The second kappa shape index (κ2) is 8.08. The third-order valence-electron chi connectivity index (χ3n) is 4.27. The van der Waals surface area contributed by atoms with Crippen LogP contribution in [0.4, 0.5) is 0 Å². The zero-order chi connectivity index (χ0) is 18.2. The third kappa shape index (κ3) is 5.73. The molecule has 131 valence electrons. The van der Waals surface area contributed by atoms with Gasteiger partial charge in [-0.3, -0.25) is 4.79 Å². The monoisotopic (exact) mass is 341 g/mol. The van der Waals surface area contributed by atoms with Gasteiger partial charge in [0.1, 0.15) is 0 Å². The zero-order valence-electron chi connectivity index (χ0n) is 17.6. The second-order valence-electron chi connectivity index (χ2n) is 9.66. The normalized spacial score (nSPS) is 12.8. The van der Waals surface area contributed by atoms with Crippen LogP contribution in [0, 0.1) is 0 Å². The molecule has 1 aromatic carbocycles. The minimum atomic E-state index is -0.0485. The number of carbonyl (C=O) groups excluding carboxylic acids is 1. The fraction of sp³-hybridized carbons (Fsp3) is 0.667. The predicted octanol–water partition coefficient (Wildman–Crippen LogP) is 5.65. The summed E-state index contributed by atoms with van der Waals surface area (Å²) in [6.07, 6.45) is 1.40. The molecule has 0 spiro atoms. The quantitative estimate of drug-likeness (QED) is 0.395. The number of rotatable bonds is 3. The van der Waals surface area contributed by atoms with E-state index in [1.54, 1.807) is 0 Å². The minimum Gasteiger partial charge on any atom is -0.294 e. The van der Waals surface area contributed by atoms with Gasteiger partial charge in [0.05, 0.1) is 0 Å². The fourth-order valence-electron chi connectivity index (χ4n) is 2.81. The summed E-state index contributed by atoms with van der Waals surface area (Å²) in [7, 11) is 2.68. The van der Waals surface area contributed by atoms with Gasteiger partial charge in [-0.2, -0.15) is 0 Å². The summed E-state index contributed by atoms with van der Waals surface area (Å²) in [6.45, 7) is 20.0. The molecule has 0 saturated carbocycles. The molecule has 1 nitrogen and oxygen atoms in total. The maximum Gasteiger partial charge on any atom is 0.163 e. The van der Waals surface area contributed by atoms with Gasteiger partial charge in [-0.15, -0.1) is 9.24 Å². The van der Waals surface area contributed by atoms with Crippen molar-refractivity contribution in [2.75, 3.05) is 6.16 Å². The average Bonchev–Trinajstić information content (AvgIpc) is 2.34. The van der Waals surface area contributed by atoms with Crippen LogP contribution in [0.2, 0.25) is 0 Å². The molecular weight excluding hydrogens is 306 g/mol. The molecule has 24 heavy (non-hydrogen) atoms. The SMILES string of the molecule is CC(C)(C)c1cc(C(C)(C)C)c(C(=O)CCP)c(C(C)(C)C)c1.[Li]. The molecule has 1 aromatic rings. The van der Waals surface area contributed by atoms with Gasteiger partial charge < -0.3 is 0 Å². The van der Waals surface area contributed by atoms with E-state index >= 15 is 0 Å². The van der Waals surface area contributed by atoms with Crippen LogP contribution in [0.3, 0.4) is 0 Å². The van der Waals surface area contributed by atoms with E-state index < -0.39 is 0 Å². The van der Waals surface area contributed by atoms with Crippen molar-refractivity contribution in [1.82, 2.24) is 0 Å². The van der Waals surface area contributed by atoms with Crippen LogP contribution >= 0.6 is 9.24 Å². The molecule has 0 saturated heterocycles. The fourth-order valence-corrected chi connectivity index (χ4v) is 3.08. The first kappa shape index (κ1) is 23.9. The third-order valence-corrected chi connectivity index (χ3v) is 4.56. The number of carbonyl (C=O) groups is 1. The Morgan fingerprint density at radius 2 is 1.21 bits per heavy atom. The van der Waals surface area contributed by atoms with E-state index in [1.165, 1.54) is 16.7 Å². The van der Waals surface area contributed by atoms with Crippen molar-refractivity contribution in [1.29, 1.82) is 0 Å². The van der Waals surface area contributed by atoms with Crippen LogP contribution in [0.5, 0.6) is 0 Å². The molecule has 1 atom stereocenters. The standard InChI is InChI=1S/C21H35OP.Li/c1-19(2,3)14-12-15(20(4,5)6)18(17(22)10-11-23)16(13-14)21(7,8)9;/h12-13H,10-11,23H2,1-9H3;. The number of Topliss-reactive ketones (excluding diaryl/α,β-unsaturated/α-hetero) is 1. The van der Waals surface area contributed by atoms with Crippen LogP contribution in [0.1, 0.15) is 95.8 Å². The van der Waals surface area contributed by atoms with Gasteiger partial charge in [-0.25, -0.2) is 0 Å². The average molecular weight is 341 g/mol. The Morgan fingerprint density at radius 3 is 1.46 bits per heavy atom. The van der Waals surface area contributed by atoms with E-state index in [0.717, 1.165) is 11.7 Å². The van der Waals surface area contributed by atoms with Crippen molar-refractivity contribution >= 4 is 33.9 Å². The van der Waals surface area contributed by atoms with Crippen molar-refractivity contribution in [3.05, 3.63) is 34.4 Å². The molecule has 0 aromatic heterocycles. The molecule has 1 unspecified atom stereocenters. The summed E-state index contributed by atoms with van der Waals surface area (Å²) in [5.74, 6) is 0.273. The molecule has 0 amide bonds. The maximum absolute atomic E-state index is 12.9. The molecule has 1 radical (unpaired) electrons. The summed E-state index contributed by atoms with van der Waals surface area (Å²) >= 11 is 0. The molecule has 0 N–H and O–H groups in total. The summed E-state index contributed by atoms with van der Waals surface area (Å²) < 4.78 is 0. The predicted molar refractivity (Wildman–Crippen MR) is 112 cm³/mol. The van der Waals surface area contributed by atoms with Crippen LogP contribution in [0.25, 0.3) is 0 Å². The van der Waals surface area contributed by atoms with Gasteiger partial charge in [0.2, 0.25) is 0 Å². The molecule has 0 aliphatic carbocycles. The smallest absolute Gasteiger partial charge is 0.163 e. The molecule has 3 heteroatoms. The van der Waals surface area contributed by atoms with Crippen molar-refractivity contribution in [2.24, 2.45) is 0 Å². The van der Waals surface area contributed by atoms with Gasteiger partial charge >= 0.3 is 0 Å². The molecule has 0 bridgehead atoms. The first-order valence-electron chi connectivity index (χ1n) is 8.62. The molecule has 0 fully saturated rings. The number of ketones is 1. The van der Waals surface area contributed by atoms with Gasteiger partial charge in [-0.05, 0) is 39.1 Å². The van der Waals surface area contributed by atoms with E-state index in [0.29, 0.717) is 6.42 Å². The summed E-state index contributed by atoms with van der Waals surface area (Å²) in [5.41, 5.74) is 4.63. The molecular formula is C21H35LiOP. The van der Waals surface area contributed by atoms with Crippen molar-refractivity contribution in [2.45, 2.75) is 85.0 Å². The van der Waals surface area contributed by atoms with E-state index in [9.17, 15) is 4.79 Å². The van der Waals surface area contributed by atoms with E-state index in [4.69, 9.17) is 0 Å². The van der Waals surface area contributed by atoms with Crippen LogP contribution in [0.15, 0.2) is 12.1 Å². The van der Waals surface area contributed by atoms with E-state index in [1.807, 2.05) is 0 Å². The van der Waals surface area contributed by atoms with Gasteiger partial charge in [0.15, 0.2) is 5.78 Å². The molecule has 0 heterocycles. The van der Waals surface area contributed by atoms with Gasteiger partial charge in [0, 0.05) is 30.8 Å². The number of hydrogen-bond acceptors (Lipinski definition) is 1. The maximum atomic E-state index is 12.9. The Labute approximate surface area is 164 Å². The first-order chi connectivity index (χ1) is 10.2. The topological polar surface area (TPSA) is 17.1 Å². The number of hydrogen-bond donors (Lipinski definition) is 0.